The molecule has 37 heavy (non-hydrogen) atoms. The maximum Gasteiger partial charge on any atom is 0.322 e. The van der Waals surface area contributed by atoms with Gasteiger partial charge in [-0.1, -0.05) is 49.7 Å². The third-order valence-electron chi connectivity index (χ3n) is 7.06. The van der Waals surface area contributed by atoms with Crippen LogP contribution in [0, 0.1) is 25.6 Å². The molecule has 2 heterocycles. The standard InChI is InChI=1S/C29H35FN4O3/c1-6-33-24-16-34(23(13-17(2)3)27(35)31-15-20-8-10-21(30)11-9-20)28(36)25(24)26(32-29(33)37)22-12-7-18(4)14-19(22)5/h7-12,14,17,23,26H,6,13,15-16H2,1-5H3,(H,31,35)(H,32,37)/t23-,26-/m1/s1. The van der Waals surface area contributed by atoms with E-state index in [1.807, 2.05) is 52.8 Å². The fourth-order valence-corrected chi connectivity index (χ4v) is 5.21. The minimum Gasteiger partial charge on any atom is -0.350 e. The number of rotatable bonds is 8. The van der Waals surface area contributed by atoms with Crippen molar-refractivity contribution in [3.63, 3.8) is 0 Å². The Labute approximate surface area is 217 Å². The molecule has 0 unspecified atom stereocenters. The number of hydrogen-bond donors (Lipinski definition) is 2. The van der Waals surface area contributed by atoms with Gasteiger partial charge in [-0.2, -0.15) is 0 Å². The summed E-state index contributed by atoms with van der Waals surface area (Å²) < 4.78 is 13.3. The van der Waals surface area contributed by atoms with Crippen LogP contribution in [0.4, 0.5) is 9.18 Å². The minimum atomic E-state index is -0.702. The molecule has 2 aromatic rings. The Morgan fingerprint density at radius 2 is 1.84 bits per heavy atom. The summed E-state index contributed by atoms with van der Waals surface area (Å²) >= 11 is 0. The van der Waals surface area contributed by atoms with Crippen LogP contribution in [-0.4, -0.2) is 46.8 Å². The van der Waals surface area contributed by atoms with Gasteiger partial charge >= 0.3 is 6.03 Å². The first kappa shape index (κ1) is 26.4. The van der Waals surface area contributed by atoms with E-state index in [0.29, 0.717) is 24.2 Å². The fourth-order valence-electron chi connectivity index (χ4n) is 5.21. The summed E-state index contributed by atoms with van der Waals surface area (Å²) in [5.74, 6) is -0.684. The summed E-state index contributed by atoms with van der Waals surface area (Å²) in [4.78, 5) is 43.6. The second-order valence-electron chi connectivity index (χ2n) is 10.3. The van der Waals surface area contributed by atoms with Crippen LogP contribution in [0.5, 0.6) is 0 Å². The predicted molar refractivity (Wildman–Crippen MR) is 140 cm³/mol. The molecule has 0 bridgehead atoms. The number of hydrogen-bond acceptors (Lipinski definition) is 3. The molecule has 2 N–H and O–H groups in total. The summed E-state index contributed by atoms with van der Waals surface area (Å²) in [6, 6.07) is 10.4. The topological polar surface area (TPSA) is 81.8 Å². The van der Waals surface area contributed by atoms with Crippen molar-refractivity contribution in [2.75, 3.05) is 13.1 Å². The van der Waals surface area contributed by atoms with Gasteiger partial charge in [0.2, 0.25) is 5.91 Å². The first-order valence-corrected chi connectivity index (χ1v) is 12.8. The maximum absolute atomic E-state index is 14.0. The highest BCUT2D eigenvalue weighted by atomic mass is 19.1. The lowest BCUT2D eigenvalue weighted by atomic mass is 9.91. The Hall–Kier alpha value is -3.68. The average Bonchev–Trinajstić information content (AvgIpc) is 3.18. The fraction of sp³-hybridized carbons (Fsp3) is 0.414. The van der Waals surface area contributed by atoms with Crippen LogP contribution < -0.4 is 10.6 Å². The van der Waals surface area contributed by atoms with Crippen molar-refractivity contribution in [2.45, 2.75) is 59.7 Å². The van der Waals surface area contributed by atoms with Crippen molar-refractivity contribution in [3.8, 4) is 0 Å². The van der Waals surface area contributed by atoms with Gasteiger partial charge in [-0.15, -0.1) is 0 Å². The summed E-state index contributed by atoms with van der Waals surface area (Å²) in [5.41, 5.74) is 4.91. The number of aryl methyl sites for hydroxylation is 2. The van der Waals surface area contributed by atoms with Crippen molar-refractivity contribution in [3.05, 3.63) is 81.8 Å². The smallest absolute Gasteiger partial charge is 0.322 e. The summed E-state index contributed by atoms with van der Waals surface area (Å²) in [5, 5.41) is 5.95. The van der Waals surface area contributed by atoms with E-state index in [1.54, 1.807) is 21.9 Å². The quantitative estimate of drug-likeness (QED) is 0.558. The van der Waals surface area contributed by atoms with E-state index < -0.39 is 12.1 Å². The van der Waals surface area contributed by atoms with Crippen LogP contribution in [0.2, 0.25) is 0 Å². The highest BCUT2D eigenvalue weighted by Gasteiger charge is 2.47. The molecule has 8 heteroatoms. The van der Waals surface area contributed by atoms with Crippen molar-refractivity contribution in [2.24, 2.45) is 5.92 Å². The van der Waals surface area contributed by atoms with Gasteiger partial charge in [-0.25, -0.2) is 9.18 Å². The lowest BCUT2D eigenvalue weighted by Gasteiger charge is -2.33. The molecular formula is C29H35FN4O3. The van der Waals surface area contributed by atoms with Crippen molar-refractivity contribution in [1.82, 2.24) is 20.4 Å². The largest absolute Gasteiger partial charge is 0.350 e. The third-order valence-corrected chi connectivity index (χ3v) is 7.06. The van der Waals surface area contributed by atoms with Crippen LogP contribution in [0.1, 0.15) is 55.5 Å². The second-order valence-corrected chi connectivity index (χ2v) is 10.3. The van der Waals surface area contributed by atoms with Crippen molar-refractivity contribution >= 4 is 17.8 Å². The summed E-state index contributed by atoms with van der Waals surface area (Å²) in [7, 11) is 0. The molecular weight excluding hydrogens is 471 g/mol. The van der Waals surface area contributed by atoms with Crippen molar-refractivity contribution in [1.29, 1.82) is 0 Å². The monoisotopic (exact) mass is 506 g/mol. The molecule has 2 atom stereocenters. The molecule has 2 aliphatic heterocycles. The second kappa shape index (κ2) is 10.7. The van der Waals surface area contributed by atoms with E-state index in [2.05, 4.69) is 10.6 Å². The van der Waals surface area contributed by atoms with Gasteiger partial charge in [-0.05, 0) is 61.9 Å². The molecule has 0 radical (unpaired) electrons. The Morgan fingerprint density at radius 3 is 2.46 bits per heavy atom. The number of urea groups is 1. The van der Waals surface area contributed by atoms with Gasteiger partial charge in [0.15, 0.2) is 0 Å². The van der Waals surface area contributed by atoms with E-state index in [9.17, 15) is 18.8 Å². The Morgan fingerprint density at radius 1 is 1.14 bits per heavy atom. The summed E-state index contributed by atoms with van der Waals surface area (Å²) in [6.45, 7) is 10.7. The summed E-state index contributed by atoms with van der Waals surface area (Å²) in [6.07, 6.45) is 0.475. The van der Waals surface area contributed by atoms with Gasteiger partial charge in [-0.3, -0.25) is 14.5 Å². The normalized spacial score (nSPS) is 18.3. The van der Waals surface area contributed by atoms with E-state index in [1.165, 1.54) is 12.1 Å². The molecule has 196 valence electrons. The Kier molecular flexibility index (Phi) is 7.66. The Balaban J connectivity index is 1.64. The number of nitrogens with one attached hydrogen (secondary N) is 2. The molecule has 0 saturated carbocycles. The van der Waals surface area contributed by atoms with Crippen LogP contribution in [0.3, 0.4) is 0 Å². The molecule has 0 spiro atoms. The zero-order valence-electron chi connectivity index (χ0n) is 22.1. The van der Waals surface area contributed by atoms with Crippen LogP contribution >= 0.6 is 0 Å². The lowest BCUT2D eigenvalue weighted by molar-refractivity contribution is -0.137. The van der Waals surface area contributed by atoms with E-state index in [0.717, 1.165) is 22.3 Å². The first-order valence-electron chi connectivity index (χ1n) is 12.8. The number of carbonyl (C=O) groups is 3. The number of nitrogens with zero attached hydrogens (tertiary/aromatic N) is 2. The zero-order chi connectivity index (χ0) is 26.9. The van der Waals surface area contributed by atoms with Gasteiger partial charge < -0.3 is 15.5 Å². The van der Waals surface area contributed by atoms with Crippen LogP contribution in [-0.2, 0) is 16.1 Å². The van der Waals surface area contributed by atoms with Gasteiger partial charge in [0.25, 0.3) is 5.91 Å². The lowest BCUT2D eigenvalue weighted by Crippen LogP contribution is -2.49. The van der Waals surface area contributed by atoms with Gasteiger partial charge in [0, 0.05) is 13.1 Å². The molecule has 0 saturated heterocycles. The van der Waals surface area contributed by atoms with Gasteiger partial charge in [0.05, 0.1) is 23.9 Å². The van der Waals surface area contributed by atoms with Gasteiger partial charge in [0.1, 0.15) is 11.9 Å². The SMILES string of the molecule is CCN1C(=O)N[C@H](c2ccc(C)cc2C)C2=C1CN([C@H](CC(C)C)C(=O)NCc1ccc(F)cc1)C2=O. The van der Waals surface area contributed by atoms with Crippen LogP contribution in [0.15, 0.2) is 53.7 Å². The number of likely N-dealkylation sites (N-methyl/N-ethyl adjacent to an activating group) is 1. The molecule has 2 aliphatic rings. The predicted octanol–water partition coefficient (Wildman–Crippen LogP) is 4.36. The average molecular weight is 507 g/mol. The molecule has 4 rings (SSSR count). The third kappa shape index (κ3) is 5.38. The molecule has 0 fully saturated rings. The number of benzene rings is 2. The van der Waals surface area contributed by atoms with E-state index in [-0.39, 0.29) is 42.7 Å². The number of halogens is 1. The van der Waals surface area contributed by atoms with E-state index >= 15 is 0 Å². The molecule has 0 aromatic heterocycles. The van der Waals surface area contributed by atoms with Crippen LogP contribution in [0.25, 0.3) is 0 Å². The Bertz CT molecular complexity index is 1240. The highest BCUT2D eigenvalue weighted by molar-refractivity contribution is 6.03. The molecule has 7 nitrogen and oxygen atoms in total. The first-order chi connectivity index (χ1) is 17.6. The van der Waals surface area contributed by atoms with Crippen molar-refractivity contribution < 1.29 is 18.8 Å². The highest BCUT2D eigenvalue weighted by Crippen LogP contribution is 2.38. The minimum absolute atomic E-state index is 0.157. The zero-order valence-corrected chi connectivity index (χ0v) is 22.1. The maximum atomic E-state index is 14.0. The number of carbonyl (C=O) groups excluding carboxylic acids is 3. The molecule has 2 aromatic carbocycles. The molecule has 0 aliphatic carbocycles. The number of amides is 4. The molecule has 4 amide bonds. The van der Waals surface area contributed by atoms with E-state index in [4.69, 9.17) is 0 Å².